The first-order valence-corrected chi connectivity index (χ1v) is 5.76. The number of rotatable bonds is 3. The molecule has 0 saturated heterocycles. The van der Waals surface area contributed by atoms with E-state index in [1.807, 2.05) is 6.92 Å². The van der Waals surface area contributed by atoms with Gasteiger partial charge >= 0.3 is 12.1 Å². The number of hydrogen-bond donors (Lipinski definition) is 2. The predicted molar refractivity (Wildman–Crippen MR) is 64.0 cm³/mol. The number of H-pyrrole nitrogens is 1. The number of nitrogens with one attached hydrogen (secondary N) is 1. The Morgan fingerprint density at radius 2 is 2.05 bits per heavy atom. The van der Waals surface area contributed by atoms with E-state index in [1.54, 1.807) is 12.1 Å². The highest BCUT2D eigenvalue weighted by Gasteiger charge is 2.37. The molecular weight excluding hydrogens is 259 g/mol. The summed E-state index contributed by atoms with van der Waals surface area (Å²) in [5.74, 6) is -1.28. The summed E-state index contributed by atoms with van der Waals surface area (Å²) < 4.78 is 38.8. The summed E-state index contributed by atoms with van der Waals surface area (Å²) in [6.45, 7) is 1.83. The van der Waals surface area contributed by atoms with Gasteiger partial charge in [0.25, 0.3) is 0 Å². The molecule has 1 aromatic heterocycles. The van der Waals surface area contributed by atoms with E-state index in [2.05, 4.69) is 4.98 Å². The van der Waals surface area contributed by atoms with Crippen molar-refractivity contribution in [2.75, 3.05) is 0 Å². The normalized spacial score (nSPS) is 12.0. The molecule has 0 aliphatic heterocycles. The minimum Gasteiger partial charge on any atom is -0.481 e. The molecule has 0 unspecified atom stereocenters. The van der Waals surface area contributed by atoms with Crippen LogP contribution in [0.15, 0.2) is 18.2 Å². The Morgan fingerprint density at radius 1 is 1.37 bits per heavy atom. The maximum absolute atomic E-state index is 12.9. The highest BCUT2D eigenvalue weighted by atomic mass is 19.4. The van der Waals surface area contributed by atoms with E-state index in [4.69, 9.17) is 5.11 Å². The van der Waals surface area contributed by atoms with Gasteiger partial charge in [-0.1, -0.05) is 25.1 Å². The Bertz CT molecular complexity index is 629. The number of carboxylic acid groups (broad SMARTS) is 1. The molecule has 102 valence electrons. The minimum absolute atomic E-state index is 0.203. The third kappa shape index (κ3) is 2.43. The van der Waals surface area contributed by atoms with Gasteiger partial charge in [0.05, 0.1) is 6.42 Å². The van der Waals surface area contributed by atoms with E-state index >= 15 is 0 Å². The number of carboxylic acids is 1. The Balaban J connectivity index is 2.76. The summed E-state index contributed by atoms with van der Waals surface area (Å²) >= 11 is 0. The molecule has 0 atom stereocenters. The largest absolute Gasteiger partial charge is 0.481 e. The lowest BCUT2D eigenvalue weighted by Crippen LogP contribution is -2.11. The van der Waals surface area contributed by atoms with Gasteiger partial charge in [0.2, 0.25) is 0 Å². The van der Waals surface area contributed by atoms with Gasteiger partial charge in [-0.2, -0.15) is 13.2 Å². The van der Waals surface area contributed by atoms with Crippen LogP contribution in [0.1, 0.15) is 23.7 Å². The number of para-hydroxylation sites is 1. The highest BCUT2D eigenvalue weighted by Crippen LogP contribution is 2.36. The molecule has 19 heavy (non-hydrogen) atoms. The summed E-state index contributed by atoms with van der Waals surface area (Å²) in [4.78, 5) is 13.1. The SMILES string of the molecule is CCc1cccc2c(CC(=O)O)c(C(F)(F)F)[nH]c12. The van der Waals surface area contributed by atoms with Crippen molar-refractivity contribution in [2.24, 2.45) is 0 Å². The zero-order valence-corrected chi connectivity index (χ0v) is 10.1. The first-order chi connectivity index (χ1) is 8.84. The fraction of sp³-hybridized carbons (Fsp3) is 0.308. The van der Waals surface area contributed by atoms with Crippen LogP contribution in [0.3, 0.4) is 0 Å². The number of aryl methyl sites for hydroxylation is 1. The first kappa shape index (κ1) is 13.5. The van der Waals surface area contributed by atoms with E-state index in [1.165, 1.54) is 6.07 Å². The molecule has 0 radical (unpaired) electrons. The topological polar surface area (TPSA) is 53.1 Å². The summed E-state index contributed by atoms with van der Waals surface area (Å²) in [6, 6.07) is 4.88. The van der Waals surface area contributed by atoms with Crippen LogP contribution in [0.2, 0.25) is 0 Å². The van der Waals surface area contributed by atoms with E-state index in [-0.39, 0.29) is 5.56 Å². The molecule has 0 spiro atoms. The Kier molecular flexibility index (Phi) is 3.26. The number of aliphatic carboxylic acids is 1. The van der Waals surface area contributed by atoms with E-state index in [0.29, 0.717) is 17.3 Å². The second kappa shape index (κ2) is 4.60. The fourth-order valence-electron chi connectivity index (χ4n) is 2.21. The molecule has 1 aromatic carbocycles. The maximum Gasteiger partial charge on any atom is 0.431 e. The molecule has 0 aliphatic carbocycles. The van der Waals surface area contributed by atoms with Crippen molar-refractivity contribution in [3.05, 3.63) is 35.0 Å². The van der Waals surface area contributed by atoms with Gasteiger partial charge in [-0.3, -0.25) is 4.79 Å². The molecule has 2 rings (SSSR count). The lowest BCUT2D eigenvalue weighted by molar-refractivity contribution is -0.142. The van der Waals surface area contributed by atoms with E-state index < -0.39 is 24.3 Å². The quantitative estimate of drug-likeness (QED) is 0.899. The number of fused-ring (bicyclic) bond motifs is 1. The monoisotopic (exact) mass is 271 g/mol. The van der Waals surface area contributed by atoms with Gasteiger partial charge in [-0.15, -0.1) is 0 Å². The van der Waals surface area contributed by atoms with Crippen LogP contribution in [0.5, 0.6) is 0 Å². The van der Waals surface area contributed by atoms with Gasteiger partial charge in [0.1, 0.15) is 5.69 Å². The molecular formula is C13H12F3NO2. The van der Waals surface area contributed by atoms with Crippen molar-refractivity contribution in [2.45, 2.75) is 25.9 Å². The third-order valence-corrected chi connectivity index (χ3v) is 3.02. The average molecular weight is 271 g/mol. The molecule has 0 bridgehead atoms. The molecule has 3 nitrogen and oxygen atoms in total. The second-order valence-corrected chi connectivity index (χ2v) is 4.24. The van der Waals surface area contributed by atoms with Crippen LogP contribution in [-0.4, -0.2) is 16.1 Å². The van der Waals surface area contributed by atoms with E-state index in [0.717, 1.165) is 5.56 Å². The van der Waals surface area contributed by atoms with Crippen molar-refractivity contribution in [3.63, 3.8) is 0 Å². The number of aromatic nitrogens is 1. The Morgan fingerprint density at radius 3 is 2.58 bits per heavy atom. The average Bonchev–Trinajstić information content (AvgIpc) is 2.67. The van der Waals surface area contributed by atoms with Crippen molar-refractivity contribution in [3.8, 4) is 0 Å². The summed E-state index contributed by atoms with van der Waals surface area (Å²) in [5.41, 5.74) is -0.0655. The highest BCUT2D eigenvalue weighted by molar-refractivity contribution is 5.90. The van der Waals surface area contributed by atoms with Crippen LogP contribution in [0, 0.1) is 0 Å². The number of halogens is 3. The van der Waals surface area contributed by atoms with Gasteiger partial charge < -0.3 is 10.1 Å². The van der Waals surface area contributed by atoms with Crippen LogP contribution in [0.25, 0.3) is 10.9 Å². The minimum atomic E-state index is -4.59. The van der Waals surface area contributed by atoms with Gasteiger partial charge in [-0.25, -0.2) is 0 Å². The molecule has 2 aromatic rings. The Hall–Kier alpha value is -1.98. The lowest BCUT2D eigenvalue weighted by Gasteiger charge is -2.06. The number of hydrogen-bond acceptors (Lipinski definition) is 1. The summed E-state index contributed by atoms with van der Waals surface area (Å²) in [6.07, 6.45) is -4.67. The molecule has 0 saturated carbocycles. The van der Waals surface area contributed by atoms with Crippen molar-refractivity contribution >= 4 is 16.9 Å². The molecule has 0 amide bonds. The Labute approximate surface area is 107 Å². The number of aromatic amines is 1. The van der Waals surface area contributed by atoms with Crippen LogP contribution >= 0.6 is 0 Å². The molecule has 0 fully saturated rings. The zero-order valence-electron chi connectivity index (χ0n) is 10.1. The molecule has 2 N–H and O–H groups in total. The molecule has 0 aliphatic rings. The third-order valence-electron chi connectivity index (χ3n) is 3.02. The van der Waals surface area contributed by atoms with Gasteiger partial charge in [0.15, 0.2) is 0 Å². The van der Waals surface area contributed by atoms with Crippen LogP contribution < -0.4 is 0 Å². The van der Waals surface area contributed by atoms with Crippen molar-refractivity contribution in [1.29, 1.82) is 0 Å². The first-order valence-electron chi connectivity index (χ1n) is 5.76. The van der Waals surface area contributed by atoms with Gasteiger partial charge in [-0.05, 0) is 12.0 Å². The molecule has 6 heteroatoms. The summed E-state index contributed by atoms with van der Waals surface area (Å²) in [5, 5.41) is 9.11. The molecule has 1 heterocycles. The van der Waals surface area contributed by atoms with Crippen molar-refractivity contribution in [1.82, 2.24) is 4.98 Å². The van der Waals surface area contributed by atoms with Crippen LogP contribution in [0.4, 0.5) is 13.2 Å². The number of alkyl halides is 3. The van der Waals surface area contributed by atoms with E-state index in [9.17, 15) is 18.0 Å². The fourth-order valence-corrected chi connectivity index (χ4v) is 2.21. The second-order valence-electron chi connectivity index (χ2n) is 4.24. The zero-order chi connectivity index (χ0) is 14.2. The predicted octanol–water partition coefficient (Wildman–Crippen LogP) is 3.38. The van der Waals surface area contributed by atoms with Crippen molar-refractivity contribution < 1.29 is 23.1 Å². The number of carbonyl (C=O) groups is 1. The smallest absolute Gasteiger partial charge is 0.431 e. The standard InChI is InChI=1S/C13H12F3NO2/c1-2-7-4-3-5-8-9(6-10(18)19)12(13(14,15)16)17-11(7)8/h3-5,17H,2,6H2,1H3,(H,18,19). The number of benzene rings is 1. The lowest BCUT2D eigenvalue weighted by atomic mass is 10.0. The maximum atomic E-state index is 12.9. The van der Waals surface area contributed by atoms with Crippen LogP contribution in [-0.2, 0) is 23.8 Å². The summed E-state index contributed by atoms with van der Waals surface area (Å²) in [7, 11) is 0. The van der Waals surface area contributed by atoms with Gasteiger partial charge in [0, 0.05) is 16.5 Å².